The zero-order valence-corrected chi connectivity index (χ0v) is 20.7. The van der Waals surface area contributed by atoms with Crippen LogP contribution in [-0.2, 0) is 23.6 Å². The van der Waals surface area contributed by atoms with E-state index < -0.39 is 29.8 Å². The van der Waals surface area contributed by atoms with Crippen LogP contribution in [0.4, 0.5) is 36.8 Å². The summed E-state index contributed by atoms with van der Waals surface area (Å²) >= 11 is 0. The van der Waals surface area contributed by atoms with Gasteiger partial charge in [-0.3, -0.25) is 4.68 Å². The molecule has 39 heavy (non-hydrogen) atoms. The molecule has 1 fully saturated rings. The summed E-state index contributed by atoms with van der Waals surface area (Å²) in [7, 11) is 0. The molecule has 0 spiro atoms. The molecule has 4 heterocycles. The van der Waals surface area contributed by atoms with Crippen molar-refractivity contribution in [1.82, 2.24) is 30.3 Å². The molecule has 0 saturated carbocycles. The van der Waals surface area contributed by atoms with Crippen LogP contribution in [0.2, 0.25) is 0 Å². The topological polar surface area (TPSA) is 116 Å². The van der Waals surface area contributed by atoms with Gasteiger partial charge in [0.2, 0.25) is 5.88 Å². The Labute approximate surface area is 217 Å². The lowest BCUT2D eigenvalue weighted by atomic mass is 10.1. The molecular weight excluding hydrogens is 536 g/mol. The maximum Gasteiger partial charge on any atom is 0.435 e. The molecule has 1 atom stereocenters. The number of aryl methyl sites for hydroxylation is 1. The Balaban J connectivity index is 1.48. The van der Waals surface area contributed by atoms with Crippen molar-refractivity contribution in [2.75, 3.05) is 25.1 Å². The fourth-order valence-electron chi connectivity index (χ4n) is 3.88. The van der Waals surface area contributed by atoms with E-state index in [1.165, 1.54) is 23.9 Å². The molecule has 3 aromatic rings. The molecule has 0 aromatic carbocycles. The number of hydrogen-bond donors (Lipinski definition) is 2. The number of carbonyl (C=O) groups excluding carboxylic acids is 1. The van der Waals surface area contributed by atoms with Crippen LogP contribution in [0.3, 0.4) is 0 Å². The predicted octanol–water partition coefficient (Wildman–Crippen LogP) is 4.76. The summed E-state index contributed by atoms with van der Waals surface area (Å²) in [6.45, 7) is 3.63. The number of carbonyl (C=O) groups is 1. The average molecular weight is 559 g/mol. The van der Waals surface area contributed by atoms with E-state index in [-0.39, 0.29) is 54.3 Å². The number of urea groups is 1. The molecule has 1 saturated heterocycles. The van der Waals surface area contributed by atoms with Gasteiger partial charge in [-0.2, -0.15) is 36.5 Å². The Morgan fingerprint density at radius 2 is 1.92 bits per heavy atom. The van der Waals surface area contributed by atoms with E-state index in [9.17, 15) is 31.1 Å². The number of anilines is 1. The SMILES string of the molecule is CCOc1cc(NC(=O)NCc2cc(C)c(-c3cn(C4CCOC4)nc3C(F)(F)F)nn2)cc(C(F)(F)F)n1. The smallest absolute Gasteiger partial charge is 0.435 e. The van der Waals surface area contributed by atoms with Crippen LogP contribution in [-0.4, -0.2) is 50.8 Å². The lowest BCUT2D eigenvalue weighted by Crippen LogP contribution is -2.29. The van der Waals surface area contributed by atoms with Crippen molar-refractivity contribution in [2.24, 2.45) is 0 Å². The van der Waals surface area contributed by atoms with Crippen molar-refractivity contribution in [3.05, 3.63) is 47.0 Å². The minimum Gasteiger partial charge on any atom is -0.478 e. The Morgan fingerprint density at radius 1 is 1.15 bits per heavy atom. The van der Waals surface area contributed by atoms with Gasteiger partial charge in [-0.25, -0.2) is 9.78 Å². The van der Waals surface area contributed by atoms with E-state index in [0.29, 0.717) is 24.7 Å². The van der Waals surface area contributed by atoms with Crippen LogP contribution in [0.1, 0.15) is 42.0 Å². The summed E-state index contributed by atoms with van der Waals surface area (Å²) in [5.41, 5.74) is -2.26. The van der Waals surface area contributed by atoms with Crippen LogP contribution in [0.25, 0.3) is 11.3 Å². The summed E-state index contributed by atoms with van der Waals surface area (Å²) in [5, 5.41) is 16.3. The Morgan fingerprint density at radius 3 is 2.54 bits per heavy atom. The molecule has 10 nitrogen and oxygen atoms in total. The highest BCUT2D eigenvalue weighted by Crippen LogP contribution is 2.37. The van der Waals surface area contributed by atoms with Crippen LogP contribution in [0.15, 0.2) is 24.4 Å². The predicted molar refractivity (Wildman–Crippen MR) is 124 cm³/mol. The van der Waals surface area contributed by atoms with Crippen molar-refractivity contribution >= 4 is 11.7 Å². The maximum absolute atomic E-state index is 13.7. The highest BCUT2D eigenvalue weighted by atomic mass is 19.4. The van der Waals surface area contributed by atoms with Gasteiger partial charge in [0.25, 0.3) is 0 Å². The Kier molecular flexibility index (Phi) is 7.94. The number of pyridine rings is 1. The number of nitrogens with zero attached hydrogens (tertiary/aromatic N) is 5. The fraction of sp³-hybridized carbons (Fsp3) is 0.435. The van der Waals surface area contributed by atoms with Gasteiger partial charge in [0.05, 0.1) is 42.8 Å². The molecule has 0 aliphatic carbocycles. The average Bonchev–Trinajstić information content (AvgIpc) is 3.52. The molecule has 210 valence electrons. The van der Waals surface area contributed by atoms with Gasteiger partial charge >= 0.3 is 18.4 Å². The third kappa shape index (κ3) is 6.74. The van der Waals surface area contributed by atoms with Gasteiger partial charge in [-0.1, -0.05) is 0 Å². The molecule has 0 radical (unpaired) electrons. The first-order valence-electron chi connectivity index (χ1n) is 11.7. The number of rotatable bonds is 7. The number of nitrogens with one attached hydrogen (secondary N) is 2. The van der Waals surface area contributed by atoms with E-state index in [4.69, 9.17) is 9.47 Å². The minimum absolute atomic E-state index is 0.0272. The maximum atomic E-state index is 13.7. The first-order valence-corrected chi connectivity index (χ1v) is 11.7. The second-order valence-electron chi connectivity index (χ2n) is 8.57. The van der Waals surface area contributed by atoms with Crippen molar-refractivity contribution < 1.29 is 40.6 Å². The number of hydrogen-bond acceptors (Lipinski definition) is 7. The highest BCUT2D eigenvalue weighted by Gasteiger charge is 2.39. The van der Waals surface area contributed by atoms with E-state index in [1.807, 2.05) is 0 Å². The van der Waals surface area contributed by atoms with Gasteiger partial charge in [0.15, 0.2) is 11.4 Å². The van der Waals surface area contributed by atoms with Crippen molar-refractivity contribution in [3.8, 4) is 17.1 Å². The summed E-state index contributed by atoms with van der Waals surface area (Å²) < 4.78 is 92.0. The van der Waals surface area contributed by atoms with Crippen molar-refractivity contribution in [3.63, 3.8) is 0 Å². The molecule has 16 heteroatoms. The van der Waals surface area contributed by atoms with Crippen LogP contribution < -0.4 is 15.4 Å². The Hall–Kier alpha value is -3.95. The van der Waals surface area contributed by atoms with Crippen molar-refractivity contribution in [2.45, 2.75) is 45.2 Å². The third-order valence-electron chi connectivity index (χ3n) is 5.64. The van der Waals surface area contributed by atoms with E-state index in [1.54, 1.807) is 6.92 Å². The zero-order valence-electron chi connectivity index (χ0n) is 20.7. The first-order chi connectivity index (χ1) is 18.3. The van der Waals surface area contributed by atoms with Crippen LogP contribution in [0.5, 0.6) is 5.88 Å². The quantitative estimate of drug-likeness (QED) is 0.401. The largest absolute Gasteiger partial charge is 0.478 e. The van der Waals surface area contributed by atoms with E-state index >= 15 is 0 Å². The number of alkyl halides is 6. The molecule has 4 rings (SSSR count). The molecule has 1 aliphatic heterocycles. The minimum atomic E-state index is -4.76. The molecular formula is C23H23F6N7O3. The number of halogens is 6. The second kappa shape index (κ2) is 11.0. The van der Waals surface area contributed by atoms with Crippen molar-refractivity contribution in [1.29, 1.82) is 0 Å². The van der Waals surface area contributed by atoms with Gasteiger partial charge < -0.3 is 20.1 Å². The summed E-state index contributed by atoms with van der Waals surface area (Å²) in [6, 6.07) is 2.04. The summed E-state index contributed by atoms with van der Waals surface area (Å²) in [5.74, 6) is -0.318. The standard InChI is InChI=1S/C23H23F6N7O3/c1-3-39-18-8-13(7-17(32-18)22(24,25)26)31-21(37)30-9-14-6-12(2)19(34-33-14)16-10-36(15-4-5-38-11-15)35-20(16)23(27,28)29/h6-8,10,15H,3-5,9,11H2,1-2H3,(H2,30,31,32,37). The molecule has 2 N–H and O–H groups in total. The lowest BCUT2D eigenvalue weighted by molar-refractivity contribution is -0.142. The fourth-order valence-corrected chi connectivity index (χ4v) is 3.88. The summed E-state index contributed by atoms with van der Waals surface area (Å²) in [6.07, 6.45) is -7.69. The van der Waals surface area contributed by atoms with E-state index in [2.05, 4.69) is 30.9 Å². The van der Waals surface area contributed by atoms with Crippen LogP contribution in [0, 0.1) is 6.92 Å². The number of amides is 2. The van der Waals surface area contributed by atoms with E-state index in [0.717, 1.165) is 6.07 Å². The van der Waals surface area contributed by atoms with Gasteiger partial charge in [0.1, 0.15) is 0 Å². The van der Waals surface area contributed by atoms with Gasteiger partial charge in [-0.05, 0) is 38.0 Å². The van der Waals surface area contributed by atoms with Crippen LogP contribution >= 0.6 is 0 Å². The summed E-state index contributed by atoms with van der Waals surface area (Å²) in [4.78, 5) is 15.7. The highest BCUT2D eigenvalue weighted by molar-refractivity contribution is 5.89. The molecule has 3 aromatic heterocycles. The lowest BCUT2D eigenvalue weighted by Gasteiger charge is -2.13. The molecule has 2 amide bonds. The monoisotopic (exact) mass is 559 g/mol. The molecule has 1 unspecified atom stereocenters. The second-order valence-corrected chi connectivity index (χ2v) is 8.57. The molecule has 1 aliphatic rings. The normalized spacial score (nSPS) is 15.8. The number of aromatic nitrogens is 5. The molecule has 0 bridgehead atoms. The van der Waals surface area contributed by atoms with Gasteiger partial charge in [0, 0.05) is 24.6 Å². The number of ether oxygens (including phenoxy) is 2. The third-order valence-corrected chi connectivity index (χ3v) is 5.64. The Bertz CT molecular complexity index is 1340. The first kappa shape index (κ1) is 28.1. The zero-order chi connectivity index (χ0) is 28.4. The van der Waals surface area contributed by atoms with Gasteiger partial charge in [-0.15, -0.1) is 5.10 Å².